The lowest BCUT2D eigenvalue weighted by Crippen LogP contribution is -2.41. The molecule has 1 aromatic rings. The van der Waals surface area contributed by atoms with Crippen LogP contribution >= 0.6 is 0 Å². The molecule has 0 heterocycles. The van der Waals surface area contributed by atoms with Gasteiger partial charge in [-0.05, 0) is 37.1 Å². The van der Waals surface area contributed by atoms with Gasteiger partial charge in [0, 0.05) is 13.7 Å². The molecule has 8 heteroatoms. The molecule has 2 N–H and O–H groups in total. The number of aryl methyl sites for hydroxylation is 1. The van der Waals surface area contributed by atoms with Gasteiger partial charge in [0.15, 0.2) is 0 Å². The van der Waals surface area contributed by atoms with Gasteiger partial charge in [-0.2, -0.15) is 9.98 Å². The summed E-state index contributed by atoms with van der Waals surface area (Å²) < 4.78 is 31.4. The zero-order valence-electron chi connectivity index (χ0n) is 11.7. The molecule has 1 unspecified atom stereocenters. The van der Waals surface area contributed by atoms with Crippen LogP contribution in [0.1, 0.15) is 17.5 Å². The molecule has 0 amide bonds. The van der Waals surface area contributed by atoms with E-state index in [-0.39, 0.29) is 17.9 Å². The topological polar surface area (TPSA) is 116 Å². The molecule has 0 aliphatic heterocycles. The molecule has 0 radical (unpaired) electrons. The molecule has 0 spiro atoms. The average molecular weight is 312 g/mol. The van der Waals surface area contributed by atoms with E-state index >= 15 is 0 Å². The molecule has 7 nitrogen and oxygen atoms in total. The van der Waals surface area contributed by atoms with Crippen molar-refractivity contribution in [1.29, 1.82) is 5.26 Å². The third kappa shape index (κ3) is 4.53. The Hall–Kier alpha value is -1.95. The summed E-state index contributed by atoms with van der Waals surface area (Å²) in [7, 11) is -2.59. The number of sulfonamides is 1. The van der Waals surface area contributed by atoms with Crippen molar-refractivity contribution in [1.82, 2.24) is 4.72 Å². The van der Waals surface area contributed by atoms with Crippen LogP contribution in [0.15, 0.2) is 23.1 Å². The van der Waals surface area contributed by atoms with Crippen LogP contribution in [-0.4, -0.2) is 39.3 Å². The van der Waals surface area contributed by atoms with Crippen LogP contribution in [0.25, 0.3) is 0 Å². The Morgan fingerprint density at radius 2 is 2.19 bits per heavy atom. The number of nitrogens with one attached hydrogen (secondary N) is 1. The van der Waals surface area contributed by atoms with E-state index in [4.69, 9.17) is 15.1 Å². The molecule has 1 rings (SSSR count). The molecule has 0 saturated heterocycles. The number of nitriles is 1. The van der Waals surface area contributed by atoms with Gasteiger partial charge in [-0.15, -0.1) is 0 Å². The van der Waals surface area contributed by atoms with Gasteiger partial charge in [0.05, 0.1) is 16.5 Å². The standard InChI is InChI=1S/C13H16N2O5S/c1-9-7-10(8-14)3-4-12(9)21(18,19)15-11(13(16)17)5-6-20-2/h3-4,7,11,15H,5-6H2,1-2H3,(H,16,17). The monoisotopic (exact) mass is 312 g/mol. The van der Waals surface area contributed by atoms with E-state index in [0.717, 1.165) is 0 Å². The lowest BCUT2D eigenvalue weighted by Gasteiger charge is -2.15. The fourth-order valence-electron chi connectivity index (χ4n) is 1.74. The third-order valence-electron chi connectivity index (χ3n) is 2.80. The van der Waals surface area contributed by atoms with E-state index in [1.165, 1.54) is 25.3 Å². The Morgan fingerprint density at radius 3 is 2.67 bits per heavy atom. The van der Waals surface area contributed by atoms with Crippen LogP contribution in [0, 0.1) is 18.3 Å². The minimum absolute atomic E-state index is 0.0143. The fourth-order valence-corrected chi connectivity index (χ4v) is 3.19. The summed E-state index contributed by atoms with van der Waals surface area (Å²) >= 11 is 0. The Kier molecular flexibility index (Phi) is 5.84. The summed E-state index contributed by atoms with van der Waals surface area (Å²) in [6, 6.07) is 4.72. The minimum Gasteiger partial charge on any atom is -0.480 e. The highest BCUT2D eigenvalue weighted by atomic mass is 32.2. The minimum atomic E-state index is -3.99. The summed E-state index contributed by atoms with van der Waals surface area (Å²) in [5.74, 6) is -1.28. The first-order chi connectivity index (χ1) is 9.81. The van der Waals surface area contributed by atoms with E-state index in [1.54, 1.807) is 6.92 Å². The fraction of sp³-hybridized carbons (Fsp3) is 0.385. The predicted octanol–water partition coefficient (Wildman–Crippen LogP) is 0.635. The van der Waals surface area contributed by atoms with E-state index in [0.29, 0.717) is 11.1 Å². The number of carboxylic acids is 1. The zero-order valence-corrected chi connectivity index (χ0v) is 12.5. The molecule has 1 aromatic carbocycles. The highest BCUT2D eigenvalue weighted by Crippen LogP contribution is 2.17. The largest absolute Gasteiger partial charge is 0.480 e. The summed E-state index contributed by atoms with van der Waals surface area (Å²) in [5, 5.41) is 17.8. The number of hydrogen-bond acceptors (Lipinski definition) is 5. The molecular formula is C13H16N2O5S. The van der Waals surface area contributed by atoms with Crippen molar-refractivity contribution in [2.45, 2.75) is 24.3 Å². The van der Waals surface area contributed by atoms with Crippen molar-refractivity contribution in [3.63, 3.8) is 0 Å². The number of nitrogens with zero attached hydrogens (tertiary/aromatic N) is 1. The second-order valence-electron chi connectivity index (χ2n) is 4.39. The summed E-state index contributed by atoms with van der Waals surface area (Å²) in [5.41, 5.74) is 0.707. The number of carbonyl (C=O) groups is 1. The van der Waals surface area contributed by atoms with Crippen LogP contribution in [0.5, 0.6) is 0 Å². The first-order valence-electron chi connectivity index (χ1n) is 6.06. The molecule has 0 bridgehead atoms. The summed E-state index contributed by atoms with van der Waals surface area (Å²) in [4.78, 5) is 11.0. The Balaban J connectivity index is 3.05. The van der Waals surface area contributed by atoms with Gasteiger partial charge in [-0.25, -0.2) is 8.42 Å². The number of rotatable bonds is 7. The van der Waals surface area contributed by atoms with Crippen LogP contribution < -0.4 is 4.72 Å². The van der Waals surface area contributed by atoms with Gasteiger partial charge >= 0.3 is 5.97 Å². The van der Waals surface area contributed by atoms with Crippen LogP contribution in [0.4, 0.5) is 0 Å². The highest BCUT2D eigenvalue weighted by Gasteiger charge is 2.26. The quantitative estimate of drug-likeness (QED) is 0.763. The first-order valence-corrected chi connectivity index (χ1v) is 7.55. The lowest BCUT2D eigenvalue weighted by atomic mass is 10.2. The van der Waals surface area contributed by atoms with Crippen LogP contribution in [0.3, 0.4) is 0 Å². The molecule has 0 saturated carbocycles. The maximum absolute atomic E-state index is 12.2. The third-order valence-corrected chi connectivity index (χ3v) is 4.43. The van der Waals surface area contributed by atoms with Crippen LogP contribution in [-0.2, 0) is 19.6 Å². The van der Waals surface area contributed by atoms with Gasteiger partial charge in [0.25, 0.3) is 0 Å². The van der Waals surface area contributed by atoms with Gasteiger partial charge < -0.3 is 9.84 Å². The second kappa shape index (κ2) is 7.17. The molecule has 21 heavy (non-hydrogen) atoms. The van der Waals surface area contributed by atoms with Crippen molar-refractivity contribution < 1.29 is 23.1 Å². The summed E-state index contributed by atoms with van der Waals surface area (Å²) in [6.45, 7) is 1.66. The van der Waals surface area contributed by atoms with Gasteiger partial charge in [0.1, 0.15) is 6.04 Å². The van der Waals surface area contributed by atoms with Gasteiger partial charge in [-0.1, -0.05) is 0 Å². The zero-order chi connectivity index (χ0) is 16.0. The Labute approximate surface area is 123 Å². The number of benzene rings is 1. The van der Waals surface area contributed by atoms with E-state index in [9.17, 15) is 13.2 Å². The molecule has 0 aliphatic rings. The number of aliphatic carboxylic acids is 1. The number of methoxy groups -OCH3 is 1. The predicted molar refractivity (Wildman–Crippen MR) is 74.1 cm³/mol. The Bertz CT molecular complexity index is 664. The van der Waals surface area contributed by atoms with Crippen LogP contribution in [0.2, 0.25) is 0 Å². The summed E-state index contributed by atoms with van der Waals surface area (Å²) in [6.07, 6.45) is 0.0143. The number of carboxylic acid groups (broad SMARTS) is 1. The van der Waals surface area contributed by atoms with E-state index in [2.05, 4.69) is 4.72 Å². The smallest absolute Gasteiger partial charge is 0.321 e. The average Bonchev–Trinajstić information content (AvgIpc) is 2.42. The first kappa shape index (κ1) is 17.1. The SMILES string of the molecule is COCCC(NS(=O)(=O)c1ccc(C#N)cc1C)C(=O)O. The van der Waals surface area contributed by atoms with Gasteiger partial charge in [0.2, 0.25) is 10.0 Å². The highest BCUT2D eigenvalue weighted by molar-refractivity contribution is 7.89. The Morgan fingerprint density at radius 1 is 1.52 bits per heavy atom. The molecular weight excluding hydrogens is 296 g/mol. The normalized spacial score (nSPS) is 12.6. The van der Waals surface area contributed by atoms with E-state index < -0.39 is 22.0 Å². The number of ether oxygens (including phenoxy) is 1. The second-order valence-corrected chi connectivity index (χ2v) is 6.07. The molecule has 0 fully saturated rings. The van der Waals surface area contributed by atoms with Gasteiger partial charge in [-0.3, -0.25) is 4.79 Å². The molecule has 0 aliphatic carbocycles. The maximum Gasteiger partial charge on any atom is 0.321 e. The van der Waals surface area contributed by atoms with Crippen molar-refractivity contribution in [3.8, 4) is 6.07 Å². The van der Waals surface area contributed by atoms with Crippen molar-refractivity contribution in [3.05, 3.63) is 29.3 Å². The van der Waals surface area contributed by atoms with Crippen molar-refractivity contribution >= 4 is 16.0 Å². The van der Waals surface area contributed by atoms with Crippen molar-refractivity contribution in [2.75, 3.05) is 13.7 Å². The van der Waals surface area contributed by atoms with Crippen molar-refractivity contribution in [2.24, 2.45) is 0 Å². The van der Waals surface area contributed by atoms with E-state index in [1.807, 2.05) is 6.07 Å². The maximum atomic E-state index is 12.2. The molecule has 1 atom stereocenters. The lowest BCUT2D eigenvalue weighted by molar-refractivity contribution is -0.139. The molecule has 0 aromatic heterocycles. The molecule has 114 valence electrons. The number of hydrogen-bond donors (Lipinski definition) is 2.